The lowest BCUT2D eigenvalue weighted by Gasteiger charge is -2.32. The quantitative estimate of drug-likeness (QED) is 0.113. The Kier molecular flexibility index (Phi) is 19.4. The lowest BCUT2D eigenvalue weighted by atomic mass is 10.1. The summed E-state index contributed by atoms with van der Waals surface area (Å²) in [6.07, 6.45) is 14.7. The van der Waals surface area contributed by atoms with Crippen molar-refractivity contribution in [3.05, 3.63) is 72.8 Å². The number of carbonyl (C=O) groups is 4. The third-order valence-corrected chi connectivity index (χ3v) is 8.85. The molecule has 2 aliphatic rings. The van der Waals surface area contributed by atoms with E-state index in [0.717, 1.165) is 6.54 Å². The average Bonchev–Trinajstić information content (AvgIpc) is 3.06. The average molecular weight is 684 g/mol. The highest BCUT2D eigenvalue weighted by Crippen LogP contribution is 2.47. The van der Waals surface area contributed by atoms with Crippen LogP contribution < -0.4 is 4.90 Å². The Bertz CT molecular complexity index is 1250. The second-order valence-corrected chi connectivity index (χ2v) is 12.6. The van der Waals surface area contributed by atoms with Gasteiger partial charge in [0.2, 0.25) is 0 Å². The highest BCUT2D eigenvalue weighted by molar-refractivity contribution is 7.99. The number of rotatable bonds is 16. The molecule has 0 saturated carbocycles. The van der Waals surface area contributed by atoms with Gasteiger partial charge < -0.3 is 35.1 Å². The zero-order valence-corrected chi connectivity index (χ0v) is 28.5. The van der Waals surface area contributed by atoms with E-state index in [9.17, 15) is 19.2 Å². The standard InChI is InChI=1S/C28H41N3S.2C4H4O4/c1-29-21-23-30(24-22-29)19-13-7-5-3-2-4-6-8-14-20-31-25-15-9-11-17-27(25)32-28-18-12-10-16-26(28)31;2*5-3(6)1-2-4(7)8/h9-12,15-18H,2-8,13-14,19-24H2,1H3;2*1-2H,(H,5,6)(H,7,8)/b;2*2-1-. The molecular weight excluding hydrogens is 634 g/mol. The predicted octanol–water partition coefficient (Wildman–Crippen LogP) is 6.47. The Labute approximate surface area is 287 Å². The second kappa shape index (κ2) is 23.2. The van der Waals surface area contributed by atoms with Gasteiger partial charge in [-0.2, -0.15) is 0 Å². The fourth-order valence-corrected chi connectivity index (χ4v) is 6.32. The van der Waals surface area contributed by atoms with Gasteiger partial charge in [-0.25, -0.2) is 19.2 Å². The van der Waals surface area contributed by atoms with Gasteiger partial charge in [-0.05, 0) is 50.7 Å². The minimum absolute atomic E-state index is 0.558. The number of nitrogens with zero attached hydrogens (tertiary/aromatic N) is 3. The number of carboxylic acids is 4. The summed E-state index contributed by atoms with van der Waals surface area (Å²) in [4.78, 5) is 48.6. The first-order chi connectivity index (χ1) is 23.1. The van der Waals surface area contributed by atoms with E-state index in [1.54, 1.807) is 0 Å². The molecule has 4 rings (SSSR count). The monoisotopic (exact) mass is 683 g/mol. The van der Waals surface area contributed by atoms with E-state index >= 15 is 0 Å². The van der Waals surface area contributed by atoms with Gasteiger partial charge in [0.15, 0.2) is 0 Å². The molecule has 12 heteroatoms. The van der Waals surface area contributed by atoms with Crippen molar-refractivity contribution in [2.45, 2.75) is 67.6 Å². The topological polar surface area (TPSA) is 159 Å². The molecule has 2 aliphatic heterocycles. The van der Waals surface area contributed by atoms with Gasteiger partial charge in [0.25, 0.3) is 0 Å². The molecule has 2 aromatic rings. The number of benzene rings is 2. The van der Waals surface area contributed by atoms with Crippen molar-refractivity contribution in [2.24, 2.45) is 0 Å². The number of anilines is 2. The maximum Gasteiger partial charge on any atom is 0.328 e. The summed E-state index contributed by atoms with van der Waals surface area (Å²) < 4.78 is 0. The van der Waals surface area contributed by atoms with Crippen LogP contribution in [0.25, 0.3) is 0 Å². The van der Waals surface area contributed by atoms with Gasteiger partial charge in [-0.15, -0.1) is 0 Å². The summed E-state index contributed by atoms with van der Waals surface area (Å²) in [6.45, 7) is 7.47. The molecule has 4 N–H and O–H groups in total. The van der Waals surface area contributed by atoms with Crippen molar-refractivity contribution >= 4 is 47.0 Å². The molecular formula is C36H49N3O8S. The summed E-state index contributed by atoms with van der Waals surface area (Å²) in [5.41, 5.74) is 2.76. The van der Waals surface area contributed by atoms with Crippen molar-refractivity contribution in [2.75, 3.05) is 51.2 Å². The highest BCUT2D eigenvalue weighted by atomic mass is 32.2. The van der Waals surface area contributed by atoms with Crippen LogP contribution in [-0.2, 0) is 19.2 Å². The van der Waals surface area contributed by atoms with Gasteiger partial charge in [0, 0.05) is 66.8 Å². The minimum Gasteiger partial charge on any atom is -0.478 e. The lowest BCUT2D eigenvalue weighted by Crippen LogP contribution is -2.44. The van der Waals surface area contributed by atoms with Crippen LogP contribution in [0.5, 0.6) is 0 Å². The van der Waals surface area contributed by atoms with Crippen LogP contribution in [0.15, 0.2) is 82.6 Å². The van der Waals surface area contributed by atoms with Gasteiger partial charge in [-0.1, -0.05) is 81.0 Å². The van der Waals surface area contributed by atoms with Crippen molar-refractivity contribution in [3.63, 3.8) is 0 Å². The van der Waals surface area contributed by atoms with Crippen LogP contribution in [0.4, 0.5) is 11.4 Å². The SMILES string of the molecule is CN1CCN(CCCCCCCCCCCN2c3ccccc3Sc3ccccc32)CC1.O=C(O)/C=C\C(=O)O.O=C(O)/C=C\C(=O)O. The second-order valence-electron chi connectivity index (χ2n) is 11.5. The number of likely N-dealkylation sites (N-methyl/N-ethyl adjacent to an activating group) is 1. The summed E-state index contributed by atoms with van der Waals surface area (Å²) >= 11 is 1.91. The van der Waals surface area contributed by atoms with E-state index in [1.807, 2.05) is 11.8 Å². The summed E-state index contributed by atoms with van der Waals surface area (Å²) in [7, 11) is 2.24. The number of carboxylic acid groups (broad SMARTS) is 4. The normalized spacial score (nSPS) is 14.3. The molecule has 0 spiro atoms. The Morgan fingerprint density at radius 2 is 0.917 bits per heavy atom. The molecule has 262 valence electrons. The van der Waals surface area contributed by atoms with Crippen LogP contribution in [0.2, 0.25) is 0 Å². The zero-order valence-electron chi connectivity index (χ0n) is 27.7. The van der Waals surface area contributed by atoms with Gasteiger partial charge in [-0.3, -0.25) is 0 Å². The van der Waals surface area contributed by atoms with Crippen LogP contribution >= 0.6 is 11.8 Å². The smallest absolute Gasteiger partial charge is 0.328 e. The minimum atomic E-state index is -1.26. The Morgan fingerprint density at radius 1 is 0.562 bits per heavy atom. The molecule has 0 aliphatic carbocycles. The summed E-state index contributed by atoms with van der Waals surface area (Å²) in [6, 6.07) is 17.7. The van der Waals surface area contributed by atoms with Crippen molar-refractivity contribution in [1.82, 2.24) is 9.80 Å². The van der Waals surface area contributed by atoms with Gasteiger partial charge in [0.05, 0.1) is 11.4 Å². The van der Waals surface area contributed by atoms with Crippen molar-refractivity contribution < 1.29 is 39.6 Å². The fraction of sp³-hybridized carbons (Fsp3) is 0.444. The molecule has 2 aromatic carbocycles. The Balaban J connectivity index is 0.000000414. The molecule has 1 fully saturated rings. The maximum absolute atomic E-state index is 9.55. The van der Waals surface area contributed by atoms with E-state index in [-0.39, 0.29) is 0 Å². The number of hydrogen-bond donors (Lipinski definition) is 4. The van der Waals surface area contributed by atoms with Gasteiger partial charge in [0.1, 0.15) is 0 Å². The first kappa shape index (κ1) is 40.0. The van der Waals surface area contributed by atoms with Crippen LogP contribution in [0.1, 0.15) is 57.8 Å². The van der Waals surface area contributed by atoms with Crippen molar-refractivity contribution in [3.8, 4) is 0 Å². The van der Waals surface area contributed by atoms with Gasteiger partial charge >= 0.3 is 23.9 Å². The molecule has 0 aromatic heterocycles. The van der Waals surface area contributed by atoms with Crippen LogP contribution in [0.3, 0.4) is 0 Å². The third kappa shape index (κ3) is 17.1. The van der Waals surface area contributed by atoms with Crippen LogP contribution in [-0.4, -0.2) is 100 Å². The molecule has 0 unspecified atom stereocenters. The number of unbranched alkanes of at least 4 members (excludes halogenated alkanes) is 8. The predicted molar refractivity (Wildman–Crippen MR) is 188 cm³/mol. The fourth-order valence-electron chi connectivity index (χ4n) is 5.22. The van der Waals surface area contributed by atoms with E-state index in [4.69, 9.17) is 20.4 Å². The first-order valence-electron chi connectivity index (χ1n) is 16.4. The summed E-state index contributed by atoms with van der Waals surface area (Å²) in [5, 5.41) is 31.2. The number of piperazine rings is 1. The van der Waals surface area contributed by atoms with E-state index in [0.29, 0.717) is 24.3 Å². The van der Waals surface area contributed by atoms with E-state index in [1.165, 1.54) is 112 Å². The first-order valence-corrected chi connectivity index (χ1v) is 17.2. The zero-order chi connectivity index (χ0) is 35.1. The number of aliphatic carboxylic acids is 4. The largest absolute Gasteiger partial charge is 0.478 e. The van der Waals surface area contributed by atoms with E-state index < -0.39 is 23.9 Å². The number of fused-ring (bicyclic) bond motifs is 2. The number of para-hydroxylation sites is 2. The maximum atomic E-state index is 9.55. The molecule has 11 nitrogen and oxygen atoms in total. The lowest BCUT2D eigenvalue weighted by molar-refractivity contribution is -0.134. The third-order valence-electron chi connectivity index (χ3n) is 7.72. The molecule has 0 atom stereocenters. The molecule has 0 radical (unpaired) electrons. The molecule has 48 heavy (non-hydrogen) atoms. The molecule has 2 heterocycles. The molecule has 0 bridgehead atoms. The van der Waals surface area contributed by atoms with Crippen molar-refractivity contribution in [1.29, 1.82) is 0 Å². The van der Waals surface area contributed by atoms with Crippen LogP contribution in [0, 0.1) is 0 Å². The highest BCUT2D eigenvalue weighted by Gasteiger charge is 2.22. The Hall–Kier alpha value is -4.13. The van der Waals surface area contributed by atoms with E-state index in [2.05, 4.69) is 70.3 Å². The number of hydrogen-bond acceptors (Lipinski definition) is 8. The Morgan fingerprint density at radius 3 is 1.31 bits per heavy atom. The molecule has 1 saturated heterocycles. The summed E-state index contributed by atoms with van der Waals surface area (Å²) in [5.74, 6) is -5.03. The molecule has 0 amide bonds.